The van der Waals surface area contributed by atoms with Crippen LogP contribution in [-0.2, 0) is 13.4 Å². The number of rotatable bonds is 18. The van der Waals surface area contributed by atoms with Gasteiger partial charge < -0.3 is 14.9 Å². The molecule has 10 heteroatoms. The molecule has 0 amide bonds. The second kappa shape index (κ2) is 34.9. The van der Waals surface area contributed by atoms with E-state index in [0.717, 1.165) is 6.42 Å². The van der Waals surface area contributed by atoms with Crippen molar-refractivity contribution in [3.8, 4) is 0 Å². The van der Waals surface area contributed by atoms with E-state index in [4.69, 9.17) is 5.11 Å². The molecule has 6 nitrogen and oxygen atoms in total. The van der Waals surface area contributed by atoms with Gasteiger partial charge in [-0.15, -0.1) is 0 Å². The second-order valence-electron chi connectivity index (χ2n) is 6.56. The maximum atomic E-state index is 9.24. The summed E-state index contributed by atoms with van der Waals surface area (Å²) in [5, 5.41) is 8.67. The van der Waals surface area contributed by atoms with Crippen molar-refractivity contribution >= 4 is 16.5 Å². The maximum Gasteiger partial charge on any atom is 1.00 e. The molecule has 156 valence electrons. The Bertz CT molecular complexity index is 298. The molecule has 2 unspecified atom stereocenters. The summed E-state index contributed by atoms with van der Waals surface area (Å²) < 4.78 is 21.6. The summed E-state index contributed by atoms with van der Waals surface area (Å²) in [5.74, 6) is 0. The van der Waals surface area contributed by atoms with Gasteiger partial charge in [0.2, 0.25) is 0 Å². The smallest absolute Gasteiger partial charge is 0.563 e. The van der Waals surface area contributed by atoms with Crippen molar-refractivity contribution in [2.24, 2.45) is 0 Å². The van der Waals surface area contributed by atoms with Gasteiger partial charge in [0, 0.05) is 6.61 Å². The zero-order valence-electron chi connectivity index (χ0n) is 18.4. The number of unbranched alkanes of at least 4 members (excludes halogenated alkanes) is 15. The molecule has 28 heavy (non-hydrogen) atoms. The van der Waals surface area contributed by atoms with Crippen LogP contribution in [0.5, 0.6) is 0 Å². The molecule has 1 N–H and O–H groups in total. The van der Waals surface area contributed by atoms with E-state index in [1.54, 1.807) is 0 Å². The van der Waals surface area contributed by atoms with E-state index in [-0.39, 0.29) is 103 Å². The van der Waals surface area contributed by atoms with Crippen LogP contribution in [-0.4, -0.2) is 11.7 Å². The first-order chi connectivity index (χ1) is 12.5. The monoisotopic (exact) mass is 490 g/mol. The van der Waals surface area contributed by atoms with Crippen molar-refractivity contribution in [2.45, 2.75) is 110 Å². The van der Waals surface area contributed by atoms with Gasteiger partial charge in [-0.25, -0.2) is 0 Å². The molecule has 0 saturated carbocycles. The third-order valence-corrected chi connectivity index (χ3v) is 5.21. The number of aliphatic hydroxyl groups excluding tert-OH is 1. The summed E-state index contributed by atoms with van der Waals surface area (Å²) in [7, 11) is -6.47. The minimum absolute atomic E-state index is 0. The molecule has 0 spiro atoms. The summed E-state index contributed by atoms with van der Waals surface area (Å²) in [6, 6.07) is 0. The van der Waals surface area contributed by atoms with E-state index < -0.39 is 16.5 Å². The Morgan fingerprint density at radius 1 is 0.607 bits per heavy atom. The van der Waals surface area contributed by atoms with Crippen LogP contribution in [0.25, 0.3) is 0 Å². The summed E-state index contributed by atoms with van der Waals surface area (Å²) >= 11 is 0. The fourth-order valence-corrected chi connectivity index (χ4v) is 3.15. The van der Waals surface area contributed by atoms with Gasteiger partial charge >= 0.3 is 119 Å². The second-order valence-corrected chi connectivity index (χ2v) is 8.10. The van der Waals surface area contributed by atoms with Crippen molar-refractivity contribution in [1.82, 2.24) is 0 Å². The molecule has 0 aliphatic carbocycles. The summed E-state index contributed by atoms with van der Waals surface area (Å²) in [6.07, 6.45) is 22.2. The van der Waals surface area contributed by atoms with Crippen LogP contribution in [0.1, 0.15) is 110 Å². The quantitative estimate of drug-likeness (QED) is 0.154. The third kappa shape index (κ3) is 43.2. The minimum Gasteiger partial charge on any atom is -0.563 e. The zero-order valence-corrected chi connectivity index (χ0v) is 26.4. The van der Waals surface area contributed by atoms with E-state index in [2.05, 4.69) is 11.2 Å². The Balaban J connectivity index is -0.000000274. The molecule has 0 heterocycles. The first-order valence-corrected chi connectivity index (χ1v) is 12.3. The van der Waals surface area contributed by atoms with Crippen LogP contribution in [0.2, 0.25) is 0 Å². The molecule has 0 aromatic rings. The molecule has 0 fully saturated rings. The fraction of sp³-hybridized carbons (Fsp3) is 1.00. The Kier molecular flexibility index (Phi) is 48.1. The average Bonchev–Trinajstić information content (AvgIpc) is 2.58. The molecular formula is C18H38K2O6P2+2. The predicted molar refractivity (Wildman–Crippen MR) is 103 cm³/mol. The first-order valence-electron chi connectivity index (χ1n) is 10.1. The van der Waals surface area contributed by atoms with Crippen molar-refractivity contribution in [3.63, 3.8) is 0 Å². The zero-order chi connectivity index (χ0) is 19.9. The minimum atomic E-state index is -3.24. The van der Waals surface area contributed by atoms with E-state index in [1.807, 2.05) is 0 Å². The van der Waals surface area contributed by atoms with Crippen LogP contribution < -0.4 is 113 Å². The molecule has 0 rings (SSSR count). The Morgan fingerprint density at radius 3 is 1.04 bits per heavy atom. The largest absolute Gasteiger partial charge is 1.00 e. The summed E-state index contributed by atoms with van der Waals surface area (Å²) in [5.41, 5.74) is 0. The van der Waals surface area contributed by atoms with Gasteiger partial charge in [-0.3, -0.25) is 0 Å². The van der Waals surface area contributed by atoms with Gasteiger partial charge in [0.15, 0.2) is 0 Å². The first kappa shape index (κ1) is 38.6. The van der Waals surface area contributed by atoms with E-state index in [1.165, 1.54) is 96.3 Å². The van der Waals surface area contributed by atoms with Crippen LogP contribution in [0, 0.1) is 0 Å². The average molecular weight is 491 g/mol. The Labute approximate surface area is 259 Å². The van der Waals surface area contributed by atoms with Crippen molar-refractivity contribution in [1.29, 1.82) is 0 Å². The number of aliphatic hydroxyl groups is 1. The number of hydrogen-bond donors (Lipinski definition) is 1. The molecule has 0 aliphatic rings. The predicted octanol–water partition coefficient (Wildman–Crippen LogP) is -0.713. The van der Waals surface area contributed by atoms with E-state index in [9.17, 15) is 18.9 Å². The molecule has 0 aliphatic heterocycles. The topological polar surface area (TPSA) is 110 Å². The van der Waals surface area contributed by atoms with Gasteiger partial charge in [0.05, 0.1) is 0 Å². The van der Waals surface area contributed by atoms with E-state index in [0.29, 0.717) is 6.61 Å². The Hall–Kier alpha value is 3.31. The summed E-state index contributed by atoms with van der Waals surface area (Å²) in [6.45, 7) is 2.66. The maximum absolute atomic E-state index is 9.24. The van der Waals surface area contributed by atoms with Crippen molar-refractivity contribution in [3.05, 3.63) is 0 Å². The molecule has 0 aromatic heterocycles. The van der Waals surface area contributed by atoms with Crippen LogP contribution in [0.3, 0.4) is 0 Å². The van der Waals surface area contributed by atoms with Crippen LogP contribution in [0.4, 0.5) is 0 Å². The Morgan fingerprint density at radius 2 is 0.857 bits per heavy atom. The summed E-state index contributed by atoms with van der Waals surface area (Å²) in [4.78, 5) is 18.5. The molecule has 0 aromatic carbocycles. The van der Waals surface area contributed by atoms with Crippen LogP contribution >= 0.6 is 16.5 Å². The third-order valence-electron chi connectivity index (χ3n) is 4.15. The van der Waals surface area contributed by atoms with Gasteiger partial charge in [-0.1, -0.05) is 103 Å². The van der Waals surface area contributed by atoms with Gasteiger partial charge in [0.1, 0.15) is 4.31 Å². The standard InChI is InChI=1S/C18H38O.2K.O5P2/c1-2-3-4-5-6-7-8-9-10-11-12-13-14-15-16-17-18-19;;;1-6(2)5-7(3)4/h19H,2-18H2,1H3;;;/q;2*+1;. The van der Waals surface area contributed by atoms with Crippen molar-refractivity contribution < 1.29 is 131 Å². The normalized spacial score (nSPS) is 10.9. The fourth-order valence-electron chi connectivity index (χ4n) is 2.71. The molecule has 0 bridgehead atoms. The van der Waals surface area contributed by atoms with Crippen LogP contribution in [0.15, 0.2) is 0 Å². The van der Waals surface area contributed by atoms with Gasteiger partial charge in [-0.2, -0.15) is 0 Å². The molecular weight excluding hydrogens is 452 g/mol. The van der Waals surface area contributed by atoms with Crippen molar-refractivity contribution in [2.75, 3.05) is 6.61 Å². The SMILES string of the molecule is CCCCCCCCCCCCCCCCCCO.O=[P+]([O-])O[P+](=O)[O-].[K+].[K+]. The molecule has 0 radical (unpaired) electrons. The molecule has 0 saturated heterocycles. The number of hydrogen-bond acceptors (Lipinski definition) is 6. The van der Waals surface area contributed by atoms with E-state index >= 15 is 0 Å². The van der Waals surface area contributed by atoms with Gasteiger partial charge in [0.25, 0.3) is 0 Å². The molecule has 2 atom stereocenters. The van der Waals surface area contributed by atoms with Gasteiger partial charge in [-0.05, 0) is 15.6 Å².